The fourth-order valence-electron chi connectivity index (χ4n) is 4.06. The van der Waals surface area contributed by atoms with Crippen molar-refractivity contribution in [3.8, 4) is 0 Å². The highest BCUT2D eigenvalue weighted by Crippen LogP contribution is 2.31. The molecule has 8 heteroatoms. The van der Waals surface area contributed by atoms with Crippen molar-refractivity contribution in [1.29, 1.82) is 0 Å². The van der Waals surface area contributed by atoms with Gasteiger partial charge >= 0.3 is 6.18 Å². The Kier molecular flexibility index (Phi) is 6.09. The minimum absolute atomic E-state index is 0.200. The van der Waals surface area contributed by atoms with Crippen LogP contribution in [-0.4, -0.2) is 46.0 Å². The van der Waals surface area contributed by atoms with Crippen molar-refractivity contribution in [1.82, 2.24) is 19.9 Å². The molecule has 31 heavy (non-hydrogen) atoms. The van der Waals surface area contributed by atoms with E-state index in [1.54, 1.807) is 0 Å². The van der Waals surface area contributed by atoms with Gasteiger partial charge in [0.1, 0.15) is 0 Å². The van der Waals surface area contributed by atoms with Gasteiger partial charge in [-0.05, 0) is 36.5 Å². The van der Waals surface area contributed by atoms with Gasteiger partial charge in [0.05, 0.1) is 11.3 Å². The molecule has 0 bridgehead atoms. The summed E-state index contributed by atoms with van der Waals surface area (Å²) in [6, 6.07) is 2.47. The molecular formula is C23H26F3N5. The molecule has 1 aliphatic carbocycles. The summed E-state index contributed by atoms with van der Waals surface area (Å²) in [6.45, 7) is 7.29. The third-order valence-corrected chi connectivity index (χ3v) is 6.09. The van der Waals surface area contributed by atoms with Crippen LogP contribution in [0.4, 0.5) is 19.1 Å². The molecule has 1 fully saturated rings. The summed E-state index contributed by atoms with van der Waals surface area (Å²) in [5, 5.41) is 0. The van der Waals surface area contributed by atoms with E-state index in [0.29, 0.717) is 25.0 Å². The Hall–Kier alpha value is -2.74. The maximum atomic E-state index is 12.7. The van der Waals surface area contributed by atoms with Gasteiger partial charge in [0, 0.05) is 50.8 Å². The Bertz CT molecular complexity index is 960. The molecule has 164 valence electrons. The Morgan fingerprint density at radius 1 is 1.00 bits per heavy atom. The molecule has 2 aromatic heterocycles. The fourth-order valence-corrected chi connectivity index (χ4v) is 4.06. The van der Waals surface area contributed by atoms with Crippen LogP contribution in [0.15, 0.2) is 42.9 Å². The third-order valence-electron chi connectivity index (χ3n) is 6.09. The van der Waals surface area contributed by atoms with E-state index in [4.69, 9.17) is 4.98 Å². The minimum atomic E-state index is -4.42. The Morgan fingerprint density at radius 3 is 2.39 bits per heavy atom. The van der Waals surface area contributed by atoms with Gasteiger partial charge in [0.2, 0.25) is 5.95 Å². The first-order chi connectivity index (χ1) is 14.8. The monoisotopic (exact) mass is 429 g/mol. The number of halogens is 3. The van der Waals surface area contributed by atoms with Gasteiger partial charge in [-0.2, -0.15) is 13.2 Å². The van der Waals surface area contributed by atoms with Crippen molar-refractivity contribution in [3.05, 3.63) is 65.3 Å². The normalized spacial score (nSPS) is 22.9. The second-order valence-corrected chi connectivity index (χ2v) is 8.14. The van der Waals surface area contributed by atoms with E-state index in [9.17, 15) is 13.2 Å². The summed E-state index contributed by atoms with van der Waals surface area (Å²) in [6.07, 6.45) is 8.57. The first kappa shape index (κ1) is 21.5. The van der Waals surface area contributed by atoms with Crippen molar-refractivity contribution >= 4 is 12.0 Å². The Labute approximate surface area is 180 Å². The van der Waals surface area contributed by atoms with Crippen LogP contribution in [0.2, 0.25) is 0 Å². The number of fused-ring (bicyclic) bond motifs is 1. The topological polar surface area (TPSA) is 45.2 Å². The fraction of sp³-hybridized carbons (Fsp3) is 0.435. The highest BCUT2D eigenvalue weighted by Gasteiger charge is 2.32. The van der Waals surface area contributed by atoms with Crippen LogP contribution in [0.5, 0.6) is 0 Å². The van der Waals surface area contributed by atoms with Crippen molar-refractivity contribution in [2.75, 3.05) is 31.1 Å². The highest BCUT2D eigenvalue weighted by atomic mass is 19.4. The number of hydrogen-bond acceptors (Lipinski definition) is 5. The molecule has 0 aromatic carbocycles. The third kappa shape index (κ3) is 4.79. The zero-order valence-corrected chi connectivity index (χ0v) is 17.7. The molecule has 0 saturated carbocycles. The van der Waals surface area contributed by atoms with Crippen LogP contribution < -0.4 is 4.90 Å². The predicted molar refractivity (Wildman–Crippen MR) is 115 cm³/mol. The molecule has 2 aromatic rings. The largest absolute Gasteiger partial charge is 0.419 e. The number of allylic oxidation sites excluding steroid dienone is 3. The summed E-state index contributed by atoms with van der Waals surface area (Å²) in [4.78, 5) is 16.9. The first-order valence-corrected chi connectivity index (χ1v) is 10.5. The van der Waals surface area contributed by atoms with Crippen LogP contribution in [0, 0.1) is 0 Å². The Morgan fingerprint density at radius 2 is 1.71 bits per heavy atom. The lowest BCUT2D eigenvalue weighted by atomic mass is 9.92. The van der Waals surface area contributed by atoms with E-state index in [2.05, 4.69) is 53.0 Å². The second kappa shape index (κ2) is 8.78. The van der Waals surface area contributed by atoms with Gasteiger partial charge in [-0.25, -0.2) is 9.97 Å². The quantitative estimate of drug-likeness (QED) is 0.698. The molecule has 3 heterocycles. The summed E-state index contributed by atoms with van der Waals surface area (Å²) >= 11 is 0. The second-order valence-electron chi connectivity index (χ2n) is 8.14. The highest BCUT2D eigenvalue weighted by molar-refractivity contribution is 5.54. The average molecular weight is 429 g/mol. The molecule has 4 rings (SSSR count). The molecule has 0 radical (unpaired) electrons. The van der Waals surface area contributed by atoms with Crippen LogP contribution in [0.3, 0.4) is 0 Å². The number of nitrogens with zero attached hydrogens (tertiary/aromatic N) is 5. The first-order valence-electron chi connectivity index (χ1n) is 10.5. The number of hydrogen-bond donors (Lipinski definition) is 0. The van der Waals surface area contributed by atoms with E-state index in [1.807, 2.05) is 17.2 Å². The molecule has 0 N–H and O–H groups in total. The zero-order chi connectivity index (χ0) is 22.0. The SMILES string of the molecule is CC1C/C=C/C=C\c2ncc(C(C)N3CCN(c4ncc(C(F)(F)F)cn4)CC3)cc21. The molecule has 2 unspecified atom stereocenters. The maximum Gasteiger partial charge on any atom is 0.419 e. The van der Waals surface area contributed by atoms with Crippen LogP contribution in [-0.2, 0) is 6.18 Å². The molecular weight excluding hydrogens is 403 g/mol. The van der Waals surface area contributed by atoms with E-state index in [0.717, 1.165) is 37.6 Å². The lowest BCUT2D eigenvalue weighted by Gasteiger charge is -2.38. The number of anilines is 1. The molecule has 2 aliphatic rings. The molecule has 1 saturated heterocycles. The molecule has 1 aliphatic heterocycles. The van der Waals surface area contributed by atoms with Crippen LogP contribution >= 0.6 is 0 Å². The number of alkyl halides is 3. The maximum absolute atomic E-state index is 12.7. The lowest BCUT2D eigenvalue weighted by Crippen LogP contribution is -2.47. The van der Waals surface area contributed by atoms with E-state index in [1.165, 1.54) is 11.1 Å². The molecule has 0 amide bonds. The average Bonchev–Trinajstić information content (AvgIpc) is 2.76. The summed E-state index contributed by atoms with van der Waals surface area (Å²) in [5.74, 6) is 0.751. The van der Waals surface area contributed by atoms with Gasteiger partial charge in [0.25, 0.3) is 0 Å². The summed E-state index contributed by atoms with van der Waals surface area (Å²) in [5.41, 5.74) is 2.65. The number of pyridine rings is 1. The van der Waals surface area contributed by atoms with Crippen LogP contribution in [0.25, 0.3) is 6.08 Å². The number of rotatable bonds is 3. The predicted octanol–water partition coefficient (Wildman–Crippen LogP) is 4.85. The Balaban J connectivity index is 1.42. The van der Waals surface area contributed by atoms with Gasteiger partial charge < -0.3 is 4.90 Å². The summed E-state index contributed by atoms with van der Waals surface area (Å²) in [7, 11) is 0. The van der Waals surface area contributed by atoms with E-state index < -0.39 is 11.7 Å². The number of aromatic nitrogens is 3. The van der Waals surface area contributed by atoms with Gasteiger partial charge in [0.15, 0.2) is 0 Å². The van der Waals surface area contributed by atoms with Crippen LogP contribution in [0.1, 0.15) is 54.6 Å². The smallest absolute Gasteiger partial charge is 0.338 e. The standard InChI is InChI=1S/C23H26F3N5/c1-16-6-4-3-5-7-21-20(16)12-18(13-27-21)17(2)30-8-10-31(11-9-30)22-28-14-19(15-29-22)23(24,25)26/h3-5,7,12-17H,6,8-11H2,1-2H3/b4-3+,7-5-. The minimum Gasteiger partial charge on any atom is -0.338 e. The number of piperazine rings is 1. The van der Waals surface area contributed by atoms with Crippen molar-refractivity contribution in [3.63, 3.8) is 0 Å². The molecule has 0 spiro atoms. The van der Waals surface area contributed by atoms with Crippen molar-refractivity contribution in [2.45, 2.75) is 38.4 Å². The van der Waals surface area contributed by atoms with E-state index >= 15 is 0 Å². The summed E-state index contributed by atoms with van der Waals surface area (Å²) < 4.78 is 38.2. The molecule has 5 nitrogen and oxygen atoms in total. The van der Waals surface area contributed by atoms with Crippen molar-refractivity contribution in [2.24, 2.45) is 0 Å². The van der Waals surface area contributed by atoms with Crippen molar-refractivity contribution < 1.29 is 13.2 Å². The van der Waals surface area contributed by atoms with E-state index in [-0.39, 0.29) is 6.04 Å². The lowest BCUT2D eigenvalue weighted by molar-refractivity contribution is -0.138. The van der Waals surface area contributed by atoms with Gasteiger partial charge in [-0.1, -0.05) is 31.2 Å². The van der Waals surface area contributed by atoms with Gasteiger partial charge in [-0.15, -0.1) is 0 Å². The zero-order valence-electron chi connectivity index (χ0n) is 17.7. The molecule has 2 atom stereocenters. The van der Waals surface area contributed by atoms with Gasteiger partial charge in [-0.3, -0.25) is 9.88 Å².